The molecule has 23 heavy (non-hydrogen) atoms. The maximum Gasteiger partial charge on any atom is 0.308 e. The van der Waals surface area contributed by atoms with Crippen molar-refractivity contribution in [3.63, 3.8) is 0 Å². The molecule has 0 unspecified atom stereocenters. The van der Waals surface area contributed by atoms with Gasteiger partial charge in [-0.1, -0.05) is 29.3 Å². The first-order chi connectivity index (χ1) is 10.9. The molecule has 0 amide bonds. The zero-order valence-electron chi connectivity index (χ0n) is 12.8. The van der Waals surface area contributed by atoms with Gasteiger partial charge < -0.3 is 9.84 Å². The number of aliphatic hydroxyl groups excluding tert-OH is 1. The van der Waals surface area contributed by atoms with Gasteiger partial charge in [0, 0.05) is 21.9 Å². The molecule has 2 aromatic carbocycles. The molecule has 2 atom stereocenters. The molecule has 0 aromatic heterocycles. The lowest BCUT2D eigenvalue weighted by Gasteiger charge is -2.26. The third-order valence-corrected chi connectivity index (χ3v) is 4.88. The molecular formula is C18H18Cl2O3. The van der Waals surface area contributed by atoms with E-state index in [1.807, 2.05) is 31.2 Å². The second kappa shape index (κ2) is 6.68. The van der Waals surface area contributed by atoms with E-state index in [0.717, 1.165) is 28.3 Å². The van der Waals surface area contributed by atoms with Gasteiger partial charge in [-0.15, -0.1) is 0 Å². The van der Waals surface area contributed by atoms with Crippen LogP contribution in [0.25, 0.3) is 10.8 Å². The van der Waals surface area contributed by atoms with E-state index >= 15 is 0 Å². The van der Waals surface area contributed by atoms with Crippen molar-refractivity contribution in [3.05, 3.63) is 45.4 Å². The van der Waals surface area contributed by atoms with Gasteiger partial charge in [-0.25, -0.2) is 0 Å². The van der Waals surface area contributed by atoms with Crippen LogP contribution < -0.4 is 0 Å². The van der Waals surface area contributed by atoms with Crippen molar-refractivity contribution in [1.29, 1.82) is 0 Å². The smallest absolute Gasteiger partial charge is 0.308 e. The minimum atomic E-state index is -0.598. The quantitative estimate of drug-likeness (QED) is 0.829. The molecule has 1 saturated heterocycles. The molecule has 1 aliphatic heterocycles. The SMILES string of the molecule is Cc1cc(Cl)c2ccc(Cl)cc2c1CC[C@H]1C[C@H](O)CC(=O)O1. The largest absolute Gasteiger partial charge is 0.462 e. The van der Waals surface area contributed by atoms with Crippen molar-refractivity contribution < 1.29 is 14.6 Å². The molecular weight excluding hydrogens is 335 g/mol. The van der Waals surface area contributed by atoms with Crippen molar-refractivity contribution in [2.75, 3.05) is 0 Å². The van der Waals surface area contributed by atoms with Crippen LogP contribution in [0.15, 0.2) is 24.3 Å². The standard InChI is InChI=1S/C18H18Cl2O3/c1-10-6-17(20)15-4-2-11(19)7-16(15)14(10)5-3-13-8-12(21)9-18(22)23-13/h2,4,6-7,12-13,21H,3,5,8-9H2,1H3/t12-,13-/m0/s1. The summed E-state index contributed by atoms with van der Waals surface area (Å²) in [5.74, 6) is -0.325. The number of esters is 1. The van der Waals surface area contributed by atoms with Gasteiger partial charge in [0.05, 0.1) is 12.5 Å². The summed E-state index contributed by atoms with van der Waals surface area (Å²) < 4.78 is 5.33. The van der Waals surface area contributed by atoms with E-state index in [1.165, 1.54) is 0 Å². The maximum absolute atomic E-state index is 11.4. The molecule has 0 aliphatic carbocycles. The summed E-state index contributed by atoms with van der Waals surface area (Å²) in [5, 5.41) is 13.1. The van der Waals surface area contributed by atoms with Crippen molar-refractivity contribution in [1.82, 2.24) is 0 Å². The molecule has 2 aromatic rings. The van der Waals surface area contributed by atoms with E-state index in [1.54, 1.807) is 0 Å². The number of carbonyl (C=O) groups excluding carboxylic acids is 1. The molecule has 1 N–H and O–H groups in total. The van der Waals surface area contributed by atoms with Crippen molar-refractivity contribution in [2.24, 2.45) is 0 Å². The van der Waals surface area contributed by atoms with E-state index in [-0.39, 0.29) is 18.5 Å². The van der Waals surface area contributed by atoms with Crippen LogP contribution in [-0.4, -0.2) is 23.3 Å². The molecule has 1 heterocycles. The molecule has 0 spiro atoms. The number of carbonyl (C=O) groups is 1. The number of halogens is 2. The van der Waals surface area contributed by atoms with Crippen LogP contribution in [-0.2, 0) is 16.0 Å². The highest BCUT2D eigenvalue weighted by Crippen LogP contribution is 2.33. The second-order valence-electron chi connectivity index (χ2n) is 6.09. The zero-order chi connectivity index (χ0) is 16.6. The zero-order valence-corrected chi connectivity index (χ0v) is 14.3. The lowest BCUT2D eigenvalue weighted by molar-refractivity contribution is -0.160. The third-order valence-electron chi connectivity index (χ3n) is 4.33. The summed E-state index contributed by atoms with van der Waals surface area (Å²) in [6, 6.07) is 7.63. The monoisotopic (exact) mass is 352 g/mol. The summed E-state index contributed by atoms with van der Waals surface area (Å²) in [5.41, 5.74) is 2.25. The summed E-state index contributed by atoms with van der Waals surface area (Å²) in [7, 11) is 0. The van der Waals surface area contributed by atoms with Crippen LogP contribution in [0.3, 0.4) is 0 Å². The first-order valence-corrected chi connectivity index (χ1v) is 8.44. The lowest BCUT2D eigenvalue weighted by atomic mass is 9.93. The Hall–Kier alpha value is -1.29. The molecule has 1 aliphatic rings. The van der Waals surface area contributed by atoms with Crippen LogP contribution >= 0.6 is 23.2 Å². The number of benzene rings is 2. The molecule has 1 fully saturated rings. The topological polar surface area (TPSA) is 46.5 Å². The molecule has 3 nitrogen and oxygen atoms in total. The summed E-state index contributed by atoms with van der Waals surface area (Å²) in [6.07, 6.45) is 1.16. The van der Waals surface area contributed by atoms with Crippen molar-refractivity contribution in [2.45, 2.75) is 44.8 Å². The highest BCUT2D eigenvalue weighted by molar-refractivity contribution is 6.36. The summed E-state index contributed by atoms with van der Waals surface area (Å²) in [6.45, 7) is 2.02. The number of hydrogen-bond donors (Lipinski definition) is 1. The first-order valence-electron chi connectivity index (χ1n) is 7.69. The van der Waals surface area contributed by atoms with Gasteiger partial charge in [0.2, 0.25) is 0 Å². The van der Waals surface area contributed by atoms with Crippen molar-refractivity contribution in [3.8, 4) is 0 Å². The predicted molar refractivity (Wildman–Crippen MR) is 92.1 cm³/mol. The van der Waals surface area contributed by atoms with Crippen LogP contribution in [0.5, 0.6) is 0 Å². The maximum atomic E-state index is 11.4. The minimum absolute atomic E-state index is 0.0923. The number of hydrogen-bond acceptors (Lipinski definition) is 3. The van der Waals surface area contributed by atoms with Crippen LogP contribution in [0, 0.1) is 6.92 Å². The Labute approximate surface area is 145 Å². The highest BCUT2D eigenvalue weighted by atomic mass is 35.5. The van der Waals surface area contributed by atoms with E-state index in [0.29, 0.717) is 22.9 Å². The summed E-state index contributed by atoms with van der Waals surface area (Å²) in [4.78, 5) is 11.4. The number of ether oxygens (including phenoxy) is 1. The van der Waals surface area contributed by atoms with Gasteiger partial charge in [0.15, 0.2) is 0 Å². The van der Waals surface area contributed by atoms with Crippen molar-refractivity contribution >= 4 is 39.9 Å². The van der Waals surface area contributed by atoms with Crippen LogP contribution in [0.4, 0.5) is 0 Å². The van der Waals surface area contributed by atoms with Gasteiger partial charge in [-0.05, 0) is 54.5 Å². The minimum Gasteiger partial charge on any atom is -0.462 e. The Balaban J connectivity index is 1.88. The predicted octanol–water partition coefficient (Wildman–Crippen LogP) is 4.45. The van der Waals surface area contributed by atoms with Gasteiger partial charge >= 0.3 is 5.97 Å². The van der Waals surface area contributed by atoms with Gasteiger partial charge in [0.1, 0.15) is 6.10 Å². The number of aryl methyl sites for hydroxylation is 2. The van der Waals surface area contributed by atoms with E-state index < -0.39 is 6.10 Å². The van der Waals surface area contributed by atoms with Gasteiger partial charge in [0.25, 0.3) is 0 Å². The Kier molecular flexibility index (Phi) is 4.81. The molecule has 0 bridgehead atoms. The van der Waals surface area contributed by atoms with E-state index in [2.05, 4.69) is 0 Å². The molecule has 5 heteroatoms. The van der Waals surface area contributed by atoms with E-state index in [9.17, 15) is 9.90 Å². The highest BCUT2D eigenvalue weighted by Gasteiger charge is 2.27. The number of cyclic esters (lactones) is 1. The third kappa shape index (κ3) is 3.63. The molecule has 3 rings (SSSR count). The number of aliphatic hydroxyl groups is 1. The average Bonchev–Trinajstić information content (AvgIpc) is 2.45. The Morgan fingerprint density at radius 3 is 2.78 bits per heavy atom. The number of rotatable bonds is 3. The van der Waals surface area contributed by atoms with Crippen LogP contribution in [0.1, 0.15) is 30.4 Å². The Morgan fingerprint density at radius 1 is 1.26 bits per heavy atom. The molecule has 0 radical (unpaired) electrons. The fraction of sp³-hybridized carbons (Fsp3) is 0.389. The molecule has 122 valence electrons. The fourth-order valence-corrected chi connectivity index (χ4v) is 3.72. The Morgan fingerprint density at radius 2 is 2.04 bits per heavy atom. The second-order valence-corrected chi connectivity index (χ2v) is 6.93. The lowest BCUT2D eigenvalue weighted by Crippen LogP contribution is -2.32. The van der Waals surface area contributed by atoms with E-state index in [4.69, 9.17) is 27.9 Å². The average molecular weight is 353 g/mol. The molecule has 0 saturated carbocycles. The first kappa shape index (κ1) is 16.6. The normalized spacial score (nSPS) is 21.5. The van der Waals surface area contributed by atoms with Crippen LogP contribution in [0.2, 0.25) is 10.0 Å². The summed E-state index contributed by atoms with van der Waals surface area (Å²) >= 11 is 12.5. The fourth-order valence-electron chi connectivity index (χ4n) is 3.22. The number of fused-ring (bicyclic) bond motifs is 1. The van der Waals surface area contributed by atoms with Gasteiger partial charge in [-0.3, -0.25) is 4.79 Å². The van der Waals surface area contributed by atoms with Gasteiger partial charge in [-0.2, -0.15) is 0 Å². The Bertz CT molecular complexity index is 758.